The van der Waals surface area contributed by atoms with Gasteiger partial charge >= 0.3 is 5.97 Å². The molecule has 3 heteroatoms. The molecule has 2 N–H and O–H groups in total. The number of nitrogens with one attached hydrogen (secondary N) is 1. The highest BCUT2D eigenvalue weighted by Gasteiger charge is 2.12. The van der Waals surface area contributed by atoms with Gasteiger partial charge in [-0.2, -0.15) is 0 Å². The van der Waals surface area contributed by atoms with E-state index in [-0.39, 0.29) is 6.42 Å². The molecule has 1 aromatic carbocycles. The van der Waals surface area contributed by atoms with E-state index in [9.17, 15) is 4.79 Å². The molecule has 18 heavy (non-hydrogen) atoms. The van der Waals surface area contributed by atoms with E-state index in [0.29, 0.717) is 18.4 Å². The maximum absolute atomic E-state index is 10.5. The van der Waals surface area contributed by atoms with Gasteiger partial charge in [0, 0.05) is 12.5 Å². The number of rotatable bonds is 8. The van der Waals surface area contributed by atoms with Crippen LogP contribution in [0.15, 0.2) is 30.3 Å². The molecular weight excluding hydrogens is 226 g/mol. The normalized spacial score (nSPS) is 12.6. The van der Waals surface area contributed by atoms with Gasteiger partial charge < -0.3 is 10.4 Å². The van der Waals surface area contributed by atoms with Crippen molar-refractivity contribution in [3.8, 4) is 0 Å². The van der Waals surface area contributed by atoms with E-state index < -0.39 is 5.97 Å². The molecule has 0 aliphatic heterocycles. The molecule has 1 aromatic rings. The Morgan fingerprint density at radius 2 is 1.94 bits per heavy atom. The molecule has 0 bridgehead atoms. The molecule has 0 amide bonds. The van der Waals surface area contributed by atoms with Crippen molar-refractivity contribution in [2.45, 2.75) is 39.2 Å². The lowest BCUT2D eigenvalue weighted by Gasteiger charge is -2.21. The van der Waals surface area contributed by atoms with Gasteiger partial charge in [-0.15, -0.1) is 0 Å². The minimum absolute atomic E-state index is 0.232. The Labute approximate surface area is 109 Å². The van der Waals surface area contributed by atoms with Crippen molar-refractivity contribution in [3.63, 3.8) is 0 Å². The summed E-state index contributed by atoms with van der Waals surface area (Å²) in [6.07, 6.45) is 1.98. The summed E-state index contributed by atoms with van der Waals surface area (Å²) in [7, 11) is 0. The quantitative estimate of drug-likeness (QED) is 0.695. The zero-order chi connectivity index (χ0) is 13.4. The molecule has 0 aliphatic rings. The highest BCUT2D eigenvalue weighted by atomic mass is 16.4. The van der Waals surface area contributed by atoms with E-state index >= 15 is 0 Å². The van der Waals surface area contributed by atoms with Crippen LogP contribution in [0.1, 0.15) is 44.7 Å². The lowest BCUT2D eigenvalue weighted by atomic mass is 9.97. The second kappa shape index (κ2) is 7.88. The Bertz CT molecular complexity index is 349. The maximum Gasteiger partial charge on any atom is 0.303 e. The number of hydrogen-bond donors (Lipinski definition) is 2. The van der Waals surface area contributed by atoms with Crippen LogP contribution < -0.4 is 5.32 Å². The van der Waals surface area contributed by atoms with Gasteiger partial charge in [-0.25, -0.2) is 0 Å². The molecule has 1 atom stereocenters. The topological polar surface area (TPSA) is 49.3 Å². The summed E-state index contributed by atoms with van der Waals surface area (Å²) in [4.78, 5) is 10.5. The summed E-state index contributed by atoms with van der Waals surface area (Å²) < 4.78 is 0. The molecule has 100 valence electrons. The Morgan fingerprint density at radius 1 is 1.28 bits per heavy atom. The summed E-state index contributed by atoms with van der Waals surface area (Å²) in [5.41, 5.74) is 1.28. The van der Waals surface area contributed by atoms with Crippen molar-refractivity contribution in [1.82, 2.24) is 5.32 Å². The first kappa shape index (κ1) is 14.7. The van der Waals surface area contributed by atoms with Crippen molar-refractivity contribution in [2.24, 2.45) is 5.92 Å². The van der Waals surface area contributed by atoms with Crippen molar-refractivity contribution in [2.75, 3.05) is 6.54 Å². The molecule has 0 aliphatic carbocycles. The zero-order valence-corrected chi connectivity index (χ0v) is 11.2. The first-order valence-corrected chi connectivity index (χ1v) is 6.59. The highest BCUT2D eigenvalue weighted by Crippen LogP contribution is 2.20. The first-order chi connectivity index (χ1) is 8.59. The standard InChI is InChI=1S/C15H23NO2/c1-12(2)11-14(13-7-4-3-5-8-13)16-10-6-9-15(17)18/h3-5,7-8,12,14,16H,6,9-11H2,1-2H3,(H,17,18). The molecule has 3 nitrogen and oxygen atoms in total. The van der Waals surface area contributed by atoms with Crippen LogP contribution in [0.3, 0.4) is 0 Å². The maximum atomic E-state index is 10.5. The van der Waals surface area contributed by atoms with Crippen molar-refractivity contribution >= 4 is 5.97 Å². The number of carboxylic acids is 1. The zero-order valence-electron chi connectivity index (χ0n) is 11.2. The summed E-state index contributed by atoms with van der Waals surface area (Å²) in [5, 5.41) is 12.1. The molecule has 0 saturated carbocycles. The molecule has 0 heterocycles. The van der Waals surface area contributed by atoms with Crippen LogP contribution in [0.5, 0.6) is 0 Å². The van der Waals surface area contributed by atoms with Gasteiger partial charge in [0.1, 0.15) is 0 Å². The van der Waals surface area contributed by atoms with E-state index in [0.717, 1.165) is 13.0 Å². The Hall–Kier alpha value is -1.35. The fourth-order valence-electron chi connectivity index (χ4n) is 2.01. The molecule has 0 saturated heterocycles. The van der Waals surface area contributed by atoms with E-state index in [1.165, 1.54) is 5.56 Å². The van der Waals surface area contributed by atoms with Crippen LogP contribution in [-0.4, -0.2) is 17.6 Å². The van der Waals surface area contributed by atoms with E-state index in [2.05, 4.69) is 31.3 Å². The average Bonchev–Trinajstić information content (AvgIpc) is 2.33. The predicted octanol–water partition coefficient (Wildman–Crippen LogP) is 3.23. The SMILES string of the molecule is CC(C)CC(NCCCC(=O)O)c1ccccc1. The second-order valence-corrected chi connectivity index (χ2v) is 5.04. The Balaban J connectivity index is 2.49. The first-order valence-electron chi connectivity index (χ1n) is 6.59. The van der Waals surface area contributed by atoms with Crippen molar-refractivity contribution in [3.05, 3.63) is 35.9 Å². The number of carbonyl (C=O) groups is 1. The van der Waals surface area contributed by atoms with Gasteiger partial charge in [0.25, 0.3) is 0 Å². The Kier molecular flexibility index (Phi) is 6.44. The van der Waals surface area contributed by atoms with E-state index in [1.807, 2.05) is 18.2 Å². The molecule has 0 fully saturated rings. The molecular formula is C15H23NO2. The average molecular weight is 249 g/mol. The Morgan fingerprint density at radius 3 is 2.50 bits per heavy atom. The number of benzene rings is 1. The smallest absolute Gasteiger partial charge is 0.303 e. The molecule has 1 rings (SSSR count). The molecule has 0 spiro atoms. The summed E-state index contributed by atoms with van der Waals surface area (Å²) in [6.45, 7) is 5.16. The number of hydrogen-bond acceptors (Lipinski definition) is 2. The van der Waals surface area contributed by atoms with Crippen LogP contribution in [-0.2, 0) is 4.79 Å². The van der Waals surface area contributed by atoms with Gasteiger partial charge in [-0.3, -0.25) is 4.79 Å². The predicted molar refractivity (Wildman–Crippen MR) is 73.5 cm³/mol. The lowest BCUT2D eigenvalue weighted by molar-refractivity contribution is -0.137. The lowest BCUT2D eigenvalue weighted by Crippen LogP contribution is -2.24. The third kappa shape index (κ3) is 5.82. The van der Waals surface area contributed by atoms with Crippen LogP contribution >= 0.6 is 0 Å². The van der Waals surface area contributed by atoms with Crippen molar-refractivity contribution < 1.29 is 9.90 Å². The van der Waals surface area contributed by atoms with Crippen LogP contribution in [0, 0.1) is 5.92 Å². The third-order valence-electron chi connectivity index (χ3n) is 2.87. The minimum Gasteiger partial charge on any atom is -0.481 e. The second-order valence-electron chi connectivity index (χ2n) is 5.04. The largest absolute Gasteiger partial charge is 0.481 e. The van der Waals surface area contributed by atoms with Crippen LogP contribution in [0.25, 0.3) is 0 Å². The molecule has 0 radical (unpaired) electrons. The number of carboxylic acid groups (broad SMARTS) is 1. The van der Waals surface area contributed by atoms with Gasteiger partial charge in [-0.1, -0.05) is 44.2 Å². The van der Waals surface area contributed by atoms with Gasteiger partial charge in [0.05, 0.1) is 0 Å². The van der Waals surface area contributed by atoms with Gasteiger partial charge in [0.2, 0.25) is 0 Å². The molecule has 0 aromatic heterocycles. The van der Waals surface area contributed by atoms with Crippen LogP contribution in [0.2, 0.25) is 0 Å². The molecule has 1 unspecified atom stereocenters. The summed E-state index contributed by atoms with van der Waals surface area (Å²) >= 11 is 0. The summed E-state index contributed by atoms with van der Waals surface area (Å²) in [6, 6.07) is 10.7. The number of aliphatic carboxylic acids is 1. The highest BCUT2D eigenvalue weighted by molar-refractivity contribution is 5.66. The van der Waals surface area contributed by atoms with Gasteiger partial charge in [-0.05, 0) is 30.9 Å². The van der Waals surface area contributed by atoms with E-state index in [1.54, 1.807) is 0 Å². The third-order valence-corrected chi connectivity index (χ3v) is 2.87. The fraction of sp³-hybridized carbons (Fsp3) is 0.533. The fourth-order valence-corrected chi connectivity index (χ4v) is 2.01. The van der Waals surface area contributed by atoms with E-state index in [4.69, 9.17) is 5.11 Å². The van der Waals surface area contributed by atoms with Crippen molar-refractivity contribution in [1.29, 1.82) is 0 Å². The van der Waals surface area contributed by atoms with Crippen LogP contribution in [0.4, 0.5) is 0 Å². The summed E-state index contributed by atoms with van der Waals surface area (Å²) in [5.74, 6) is -0.112. The minimum atomic E-state index is -0.725. The van der Waals surface area contributed by atoms with Gasteiger partial charge in [0.15, 0.2) is 0 Å². The monoisotopic (exact) mass is 249 g/mol.